The summed E-state index contributed by atoms with van der Waals surface area (Å²) in [6.07, 6.45) is 0. The molecule has 186 valence electrons. The molecule has 38 heavy (non-hydrogen) atoms. The van der Waals surface area contributed by atoms with E-state index >= 15 is 0 Å². The van der Waals surface area contributed by atoms with Gasteiger partial charge in [-0.2, -0.15) is 0 Å². The lowest BCUT2D eigenvalue weighted by molar-refractivity contribution is 1.18. The van der Waals surface area contributed by atoms with Gasteiger partial charge in [0, 0.05) is 16.5 Å². The highest BCUT2D eigenvalue weighted by atomic mass is 15.0. The fourth-order valence-corrected chi connectivity index (χ4v) is 6.80. The van der Waals surface area contributed by atoms with Gasteiger partial charge in [0.25, 0.3) is 0 Å². The fraction of sp³-hybridized carbons (Fsp3) is 0.167. The Kier molecular flexibility index (Phi) is 5.99. The molecule has 0 aliphatic heterocycles. The Morgan fingerprint density at radius 2 is 0.974 bits per heavy atom. The Morgan fingerprint density at radius 3 is 1.55 bits per heavy atom. The van der Waals surface area contributed by atoms with Crippen LogP contribution in [0.4, 0.5) is 0 Å². The number of aromatic nitrogens is 1. The lowest BCUT2D eigenvalue weighted by atomic mass is 9.34. The van der Waals surface area contributed by atoms with Crippen LogP contribution in [0.2, 0.25) is 0 Å². The Labute approximate surface area is 226 Å². The number of fused-ring (bicyclic) bond motifs is 3. The normalized spacial score (nSPS) is 11.4. The molecule has 0 spiro atoms. The Hall–Kier alpha value is -4.04. The number of nitrogens with zero attached hydrogens (tertiary/aromatic N) is 1. The highest BCUT2D eigenvalue weighted by Crippen LogP contribution is 2.31. The van der Waals surface area contributed by atoms with E-state index in [1.165, 1.54) is 77.3 Å². The van der Waals surface area contributed by atoms with E-state index in [1.54, 1.807) is 0 Å². The first-order valence-corrected chi connectivity index (χ1v) is 13.6. The van der Waals surface area contributed by atoms with Crippen LogP contribution in [-0.2, 0) is 0 Å². The average Bonchev–Trinajstić information content (AvgIpc) is 3.21. The second-order valence-corrected chi connectivity index (χ2v) is 11.0. The summed E-state index contributed by atoms with van der Waals surface area (Å²) in [5.41, 5.74) is 16.0. The van der Waals surface area contributed by atoms with Gasteiger partial charge in [-0.25, -0.2) is 0 Å². The fourth-order valence-electron chi connectivity index (χ4n) is 6.80. The van der Waals surface area contributed by atoms with Crippen molar-refractivity contribution in [2.24, 2.45) is 0 Å². The second-order valence-electron chi connectivity index (χ2n) is 11.0. The van der Waals surface area contributed by atoms with E-state index in [4.69, 9.17) is 0 Å². The van der Waals surface area contributed by atoms with E-state index < -0.39 is 0 Å². The van der Waals surface area contributed by atoms with Gasteiger partial charge >= 0.3 is 0 Å². The molecule has 6 rings (SSSR count). The molecule has 0 N–H and O–H groups in total. The molecule has 0 bridgehead atoms. The van der Waals surface area contributed by atoms with E-state index in [2.05, 4.69) is 143 Å². The smallest absolute Gasteiger partial charge is 0.242 e. The molecule has 0 fully saturated rings. The molecular weight excluding hydrogens is 457 g/mol. The van der Waals surface area contributed by atoms with Crippen LogP contribution in [-0.4, -0.2) is 11.3 Å². The van der Waals surface area contributed by atoms with Crippen LogP contribution < -0.4 is 16.4 Å². The minimum Gasteiger partial charge on any atom is -0.309 e. The predicted octanol–water partition coefficient (Wildman–Crippen LogP) is 7.15. The monoisotopic (exact) mass is 491 g/mol. The van der Waals surface area contributed by atoms with Crippen molar-refractivity contribution in [1.29, 1.82) is 0 Å². The van der Waals surface area contributed by atoms with Crippen molar-refractivity contribution in [1.82, 2.24) is 4.57 Å². The number of rotatable bonds is 4. The van der Waals surface area contributed by atoms with Gasteiger partial charge < -0.3 is 4.57 Å². The van der Waals surface area contributed by atoms with Crippen LogP contribution in [0.15, 0.2) is 97.1 Å². The minimum absolute atomic E-state index is 0.166. The zero-order valence-electron chi connectivity index (χ0n) is 23.3. The summed E-state index contributed by atoms with van der Waals surface area (Å²) in [7, 11) is 0. The molecule has 0 aliphatic rings. The molecule has 1 aromatic heterocycles. The second kappa shape index (κ2) is 9.37. The summed E-state index contributed by atoms with van der Waals surface area (Å²) in [5, 5.41) is 2.60. The Bertz CT molecular complexity index is 1720. The summed E-state index contributed by atoms with van der Waals surface area (Å²) in [6.45, 7) is 13.7. The van der Waals surface area contributed by atoms with Crippen molar-refractivity contribution in [2.45, 2.75) is 41.5 Å². The van der Waals surface area contributed by atoms with Gasteiger partial charge in [0.15, 0.2) is 0 Å². The van der Waals surface area contributed by atoms with Gasteiger partial charge in [0.2, 0.25) is 6.71 Å². The predicted molar refractivity (Wildman–Crippen MR) is 167 cm³/mol. The van der Waals surface area contributed by atoms with E-state index in [1.807, 2.05) is 0 Å². The summed E-state index contributed by atoms with van der Waals surface area (Å²) in [6, 6.07) is 36.0. The summed E-state index contributed by atoms with van der Waals surface area (Å²) in [4.78, 5) is 0. The van der Waals surface area contributed by atoms with Crippen molar-refractivity contribution in [2.75, 3.05) is 0 Å². The third-order valence-corrected chi connectivity index (χ3v) is 8.10. The molecule has 1 nitrogen and oxygen atoms in total. The third-order valence-electron chi connectivity index (χ3n) is 8.10. The highest BCUT2D eigenvalue weighted by molar-refractivity contribution is 6.96. The standard InChI is InChI=1S/C36H34BN/c1-23-18-25(3)35(26(4)19-23)37(36-27(5)20-24(2)21-28(36)6)29-16-17-34-32(22-29)31-14-10-11-15-33(31)38(34)30-12-8-7-9-13-30/h7-22H,1-6H3. The molecule has 0 atom stereocenters. The molecule has 0 radical (unpaired) electrons. The molecule has 2 heteroatoms. The number of para-hydroxylation sites is 2. The number of hydrogen-bond acceptors (Lipinski definition) is 0. The van der Waals surface area contributed by atoms with Crippen molar-refractivity contribution < 1.29 is 0 Å². The first-order valence-electron chi connectivity index (χ1n) is 13.6. The molecule has 1 heterocycles. The SMILES string of the molecule is Cc1cc(C)c(B(c2ccc3c(c2)c2ccccc2n3-c2ccccc2)c2c(C)cc(C)cc2C)c(C)c1. The average molecular weight is 491 g/mol. The maximum atomic E-state index is 2.46. The highest BCUT2D eigenvalue weighted by Gasteiger charge is 2.29. The summed E-state index contributed by atoms with van der Waals surface area (Å²) < 4.78 is 2.40. The van der Waals surface area contributed by atoms with E-state index in [-0.39, 0.29) is 6.71 Å². The van der Waals surface area contributed by atoms with Crippen molar-refractivity contribution >= 4 is 44.9 Å². The maximum absolute atomic E-state index is 2.46. The van der Waals surface area contributed by atoms with Gasteiger partial charge in [-0.15, -0.1) is 0 Å². The van der Waals surface area contributed by atoms with Crippen LogP contribution in [0.1, 0.15) is 33.4 Å². The van der Waals surface area contributed by atoms with Crippen molar-refractivity contribution in [3.05, 3.63) is 130 Å². The first-order chi connectivity index (χ1) is 18.3. The van der Waals surface area contributed by atoms with Crippen LogP contribution in [0.5, 0.6) is 0 Å². The van der Waals surface area contributed by atoms with Crippen LogP contribution >= 0.6 is 0 Å². The van der Waals surface area contributed by atoms with Crippen LogP contribution in [0.25, 0.3) is 27.5 Å². The topological polar surface area (TPSA) is 4.93 Å². The summed E-state index contributed by atoms with van der Waals surface area (Å²) >= 11 is 0. The largest absolute Gasteiger partial charge is 0.309 e. The van der Waals surface area contributed by atoms with Crippen LogP contribution in [0.3, 0.4) is 0 Å². The lowest BCUT2D eigenvalue weighted by Gasteiger charge is -2.24. The Balaban J connectivity index is 1.68. The molecule has 0 unspecified atom stereocenters. The lowest BCUT2D eigenvalue weighted by Crippen LogP contribution is -2.55. The van der Waals surface area contributed by atoms with Crippen LogP contribution in [0, 0.1) is 41.5 Å². The Morgan fingerprint density at radius 1 is 0.474 bits per heavy atom. The molecule has 6 aromatic rings. The summed E-state index contributed by atoms with van der Waals surface area (Å²) in [5.74, 6) is 0. The maximum Gasteiger partial charge on any atom is 0.242 e. The number of aryl methyl sites for hydroxylation is 6. The zero-order chi connectivity index (χ0) is 26.6. The zero-order valence-corrected chi connectivity index (χ0v) is 23.3. The van der Waals surface area contributed by atoms with Crippen molar-refractivity contribution in [3.8, 4) is 5.69 Å². The van der Waals surface area contributed by atoms with Gasteiger partial charge in [-0.05, 0) is 65.8 Å². The minimum atomic E-state index is 0.166. The van der Waals surface area contributed by atoms with Gasteiger partial charge in [-0.3, -0.25) is 0 Å². The van der Waals surface area contributed by atoms with E-state index in [0.29, 0.717) is 0 Å². The molecule has 0 aliphatic carbocycles. The molecule has 5 aromatic carbocycles. The van der Waals surface area contributed by atoms with E-state index in [9.17, 15) is 0 Å². The number of benzene rings is 5. The molecule has 0 saturated heterocycles. The molecule has 0 saturated carbocycles. The van der Waals surface area contributed by atoms with Crippen molar-refractivity contribution in [3.63, 3.8) is 0 Å². The quantitative estimate of drug-likeness (QED) is 0.231. The van der Waals surface area contributed by atoms with Gasteiger partial charge in [0.05, 0.1) is 11.0 Å². The number of hydrogen-bond donors (Lipinski definition) is 0. The van der Waals surface area contributed by atoms with Gasteiger partial charge in [-0.1, -0.05) is 123 Å². The first kappa shape index (κ1) is 24.3. The van der Waals surface area contributed by atoms with Gasteiger partial charge in [0.1, 0.15) is 0 Å². The molecule has 0 amide bonds. The third kappa shape index (κ3) is 3.96. The molecular formula is C36H34BN. The van der Waals surface area contributed by atoms with E-state index in [0.717, 1.165) is 0 Å².